The number of aliphatic hydroxyl groups is 1. The number of ether oxygens (including phenoxy) is 5. The average molecular weight is 786 g/mol. The maximum atomic E-state index is 13.1. The molecule has 306 valence electrons. The monoisotopic (exact) mass is 785 g/mol. The van der Waals surface area contributed by atoms with E-state index in [-0.39, 0.29) is 25.6 Å². The molecule has 1 aromatic heterocycles. The Hall–Kier alpha value is -4.86. The molecule has 0 bridgehead atoms. The third-order valence-corrected chi connectivity index (χ3v) is 10.1. The van der Waals surface area contributed by atoms with Crippen LogP contribution in [-0.2, 0) is 48.1 Å². The molecule has 0 saturated carbocycles. The summed E-state index contributed by atoms with van der Waals surface area (Å²) in [5.41, 5.74) is 16.2. The number of carbonyl (C=O) groups is 3. The number of nitrogens with one attached hydrogen (secondary N) is 1. The van der Waals surface area contributed by atoms with Gasteiger partial charge in [0.15, 0.2) is 0 Å². The Balaban J connectivity index is 1.06. The number of benzene rings is 2. The van der Waals surface area contributed by atoms with Gasteiger partial charge < -0.3 is 45.2 Å². The Bertz CT molecular complexity index is 2030. The molecule has 0 aliphatic carbocycles. The van der Waals surface area contributed by atoms with E-state index in [2.05, 4.69) is 17.1 Å². The zero-order valence-corrected chi connectivity index (χ0v) is 33.5. The Morgan fingerprint density at radius 1 is 1.04 bits per heavy atom. The second kappa shape index (κ2) is 17.7. The Labute approximate surface area is 333 Å². The number of unbranched alkanes of at least 4 members (excludes halogenated alkanes) is 2. The van der Waals surface area contributed by atoms with Crippen molar-refractivity contribution in [1.29, 1.82) is 0 Å². The van der Waals surface area contributed by atoms with Crippen LogP contribution in [-0.4, -0.2) is 82.9 Å². The molecule has 0 amide bonds. The van der Waals surface area contributed by atoms with Crippen LogP contribution in [0.5, 0.6) is 11.5 Å². The zero-order chi connectivity index (χ0) is 40.9. The highest BCUT2D eigenvalue weighted by molar-refractivity contribution is 5.91. The van der Waals surface area contributed by atoms with Gasteiger partial charge in [0.05, 0.1) is 47.7 Å². The molecule has 57 heavy (non-hydrogen) atoms. The van der Waals surface area contributed by atoms with Crippen molar-refractivity contribution in [2.75, 3.05) is 26.4 Å². The zero-order valence-electron chi connectivity index (χ0n) is 33.5. The number of nitrogens with two attached hydrogens (primary N) is 2. The molecule has 0 fully saturated rings. The van der Waals surface area contributed by atoms with Gasteiger partial charge in [-0.15, -0.1) is 0 Å². The summed E-state index contributed by atoms with van der Waals surface area (Å²) in [5, 5.41) is 13.9. The minimum Gasteiger partial charge on any atom is -0.494 e. The fourth-order valence-electron chi connectivity index (χ4n) is 7.16. The van der Waals surface area contributed by atoms with Gasteiger partial charge in [0, 0.05) is 42.6 Å². The van der Waals surface area contributed by atoms with E-state index in [0.717, 1.165) is 69.6 Å². The smallest absolute Gasteiger partial charge is 0.352 e. The predicted octanol–water partition coefficient (Wildman–Crippen LogP) is 4.52. The molecule has 6 N–H and O–H groups in total. The highest BCUT2D eigenvalue weighted by atomic mass is 16.6. The average Bonchev–Trinajstić information content (AvgIpc) is 3.50. The number of rotatable bonds is 18. The van der Waals surface area contributed by atoms with E-state index in [0.29, 0.717) is 50.4 Å². The first kappa shape index (κ1) is 41.8. The van der Waals surface area contributed by atoms with E-state index >= 15 is 0 Å². The number of hydrogen-bond donors (Lipinski definition) is 4. The number of aromatic nitrogens is 1. The maximum Gasteiger partial charge on any atom is 0.352 e. The van der Waals surface area contributed by atoms with E-state index in [1.54, 1.807) is 33.8 Å². The number of esters is 3. The van der Waals surface area contributed by atoms with Crippen LogP contribution in [0, 0.1) is 0 Å². The predicted molar refractivity (Wildman–Crippen MR) is 213 cm³/mol. The summed E-state index contributed by atoms with van der Waals surface area (Å²) >= 11 is 0. The molecule has 3 aliphatic rings. The molecule has 14 heteroatoms. The fourth-order valence-corrected chi connectivity index (χ4v) is 7.16. The minimum absolute atomic E-state index is 0.0323. The quantitative estimate of drug-likeness (QED) is 0.0608. The van der Waals surface area contributed by atoms with Gasteiger partial charge in [0.25, 0.3) is 0 Å². The molecule has 4 heterocycles. The highest BCUT2D eigenvalue weighted by Gasteiger charge is 2.41. The molecule has 0 saturated heterocycles. The lowest BCUT2D eigenvalue weighted by Gasteiger charge is -2.34. The number of cyclic esters (lactones) is 1. The van der Waals surface area contributed by atoms with E-state index in [4.69, 9.17) is 40.1 Å². The first-order valence-corrected chi connectivity index (χ1v) is 19.6. The first-order valence-electron chi connectivity index (χ1n) is 19.6. The molecule has 3 aromatic rings. The Morgan fingerprint density at radius 2 is 1.79 bits per heavy atom. The van der Waals surface area contributed by atoms with Gasteiger partial charge in [-0.05, 0) is 106 Å². The molecule has 2 aromatic carbocycles. The molecule has 0 radical (unpaired) electrons. The fraction of sp³-hybridized carbons (Fsp3) is 0.488. The summed E-state index contributed by atoms with van der Waals surface area (Å²) in [7, 11) is 0. The number of hydrogen-bond acceptors (Lipinski definition) is 14. The number of fused-ring (bicyclic) bond motifs is 4. The maximum absolute atomic E-state index is 13.1. The van der Waals surface area contributed by atoms with E-state index in [1.807, 2.05) is 42.5 Å². The lowest BCUT2D eigenvalue weighted by molar-refractivity contribution is -0.170. The van der Waals surface area contributed by atoms with Crippen molar-refractivity contribution < 1.29 is 43.2 Å². The van der Waals surface area contributed by atoms with Gasteiger partial charge in [-0.2, -0.15) is 0 Å². The number of pyridine rings is 1. The van der Waals surface area contributed by atoms with Gasteiger partial charge in [-0.1, -0.05) is 19.1 Å². The van der Waals surface area contributed by atoms with Gasteiger partial charge in [0.2, 0.25) is 6.10 Å². The van der Waals surface area contributed by atoms with Gasteiger partial charge >= 0.3 is 17.9 Å². The van der Waals surface area contributed by atoms with Crippen molar-refractivity contribution in [3.8, 4) is 11.5 Å². The van der Waals surface area contributed by atoms with Gasteiger partial charge in [-0.25, -0.2) is 9.78 Å². The molecular weight excluding hydrogens is 730 g/mol. The Kier molecular flexibility index (Phi) is 13.0. The lowest BCUT2D eigenvalue weighted by Crippen LogP contribution is -2.44. The SMILES string of the molecule is CCc1c2c(nc3ccc(OC(=O)CCCCCOc4ccc(CNC(N)N)cc4)cc13)C1=CC3=C(COC(=O)[C@H]3OC(=O)CC(C)(C)OCC(C)(C)O)CN1C2. The molecule has 6 rings (SSSR count). The van der Waals surface area contributed by atoms with Crippen LogP contribution in [0.3, 0.4) is 0 Å². The standard InChI is InChI=1S/C43H55N5O9/c1-6-30-32-18-29(56-36(49)10-8-7-9-17-53-28-13-11-26(12-14-28)21-46-41(44)45)15-16-34(32)47-38-33(30)23-48-22-27-24-54-40(51)39(31(27)19-35(38)48)57-37(50)20-43(4,5)55-25-42(2,3)52/h11-16,18-19,39,41,46,52H,6-10,17,20-25,44-45H2,1-5H3/t39-/m0/s1. The number of aryl methyl sites for hydroxylation is 1. The van der Waals surface area contributed by atoms with Crippen LogP contribution in [0.2, 0.25) is 0 Å². The Morgan fingerprint density at radius 3 is 2.51 bits per heavy atom. The topological polar surface area (TPSA) is 198 Å². The van der Waals surface area contributed by atoms with Gasteiger partial charge in [0.1, 0.15) is 24.4 Å². The summed E-state index contributed by atoms with van der Waals surface area (Å²) < 4.78 is 28.6. The largest absolute Gasteiger partial charge is 0.494 e. The highest BCUT2D eigenvalue weighted by Crippen LogP contribution is 2.42. The molecule has 14 nitrogen and oxygen atoms in total. The molecule has 3 aliphatic heterocycles. The normalized spacial score (nSPS) is 16.6. The van der Waals surface area contributed by atoms with Crippen molar-refractivity contribution in [1.82, 2.24) is 15.2 Å². The van der Waals surface area contributed by atoms with Crippen LogP contribution in [0.1, 0.15) is 89.1 Å². The van der Waals surface area contributed by atoms with Crippen molar-refractivity contribution in [2.45, 2.75) is 110 Å². The second-order valence-electron chi connectivity index (χ2n) is 16.1. The summed E-state index contributed by atoms with van der Waals surface area (Å²) in [6, 6.07) is 13.3. The third kappa shape index (κ3) is 10.8. The summed E-state index contributed by atoms with van der Waals surface area (Å²) in [4.78, 5) is 46.2. The van der Waals surface area contributed by atoms with Crippen molar-refractivity contribution >= 4 is 34.5 Å². The summed E-state index contributed by atoms with van der Waals surface area (Å²) in [6.45, 7) is 11.2. The van der Waals surface area contributed by atoms with Crippen LogP contribution in [0.25, 0.3) is 16.6 Å². The van der Waals surface area contributed by atoms with Crippen LogP contribution >= 0.6 is 0 Å². The minimum atomic E-state index is -1.21. The number of nitrogens with zero attached hydrogens (tertiary/aromatic N) is 2. The van der Waals surface area contributed by atoms with Gasteiger partial charge in [-0.3, -0.25) is 14.9 Å². The van der Waals surface area contributed by atoms with Crippen molar-refractivity contribution in [3.05, 3.63) is 82.1 Å². The first-order chi connectivity index (χ1) is 27.1. The molecule has 1 atom stereocenters. The van der Waals surface area contributed by atoms with Crippen LogP contribution < -0.4 is 26.3 Å². The van der Waals surface area contributed by atoms with E-state index in [9.17, 15) is 19.5 Å². The summed E-state index contributed by atoms with van der Waals surface area (Å²) in [5.74, 6) is -0.272. The van der Waals surface area contributed by atoms with Crippen LogP contribution in [0.15, 0.2) is 59.7 Å². The third-order valence-electron chi connectivity index (χ3n) is 10.1. The number of carbonyl (C=O) groups excluding carboxylic acids is 3. The lowest BCUT2D eigenvalue weighted by atomic mass is 9.94. The second-order valence-corrected chi connectivity index (χ2v) is 16.1. The molecule has 0 spiro atoms. The van der Waals surface area contributed by atoms with Crippen LogP contribution in [0.4, 0.5) is 0 Å². The van der Waals surface area contributed by atoms with Crippen molar-refractivity contribution in [2.24, 2.45) is 11.5 Å². The molecular formula is C43H55N5O9. The van der Waals surface area contributed by atoms with E-state index < -0.39 is 35.5 Å². The van der Waals surface area contributed by atoms with Crippen molar-refractivity contribution in [3.63, 3.8) is 0 Å². The summed E-state index contributed by atoms with van der Waals surface area (Å²) in [6.07, 6.45) is 3.35. The van der Waals surface area contributed by atoms with E-state index in [1.165, 1.54) is 0 Å². The molecule has 0 unspecified atom stereocenters.